The molecule has 0 aromatic heterocycles. The molecule has 0 spiro atoms. The minimum Gasteiger partial charge on any atom is -0.465 e. The SMILES string of the molecule is C=C(C)C(=O)OCC1CC2CC1[C@H]1CC(COC(=O)CC)C[C@@H]21. The van der Waals surface area contributed by atoms with Gasteiger partial charge in [0.15, 0.2) is 0 Å². The maximum absolute atomic E-state index is 11.6. The van der Waals surface area contributed by atoms with Crippen LogP contribution in [-0.2, 0) is 19.1 Å². The van der Waals surface area contributed by atoms with Gasteiger partial charge in [0.25, 0.3) is 0 Å². The lowest BCUT2D eigenvalue weighted by atomic mass is 9.76. The summed E-state index contributed by atoms with van der Waals surface area (Å²) in [7, 11) is 0. The highest BCUT2D eigenvalue weighted by atomic mass is 16.5. The molecule has 0 saturated heterocycles. The number of rotatable bonds is 6. The lowest BCUT2D eigenvalue weighted by Gasteiger charge is -2.31. The predicted octanol–water partition coefficient (Wildman–Crippen LogP) is 3.36. The van der Waals surface area contributed by atoms with Gasteiger partial charge in [0.05, 0.1) is 13.2 Å². The molecule has 3 fully saturated rings. The van der Waals surface area contributed by atoms with Crippen LogP contribution in [0.4, 0.5) is 0 Å². The van der Waals surface area contributed by atoms with Crippen molar-refractivity contribution in [1.29, 1.82) is 0 Å². The third kappa shape index (κ3) is 3.31. The Morgan fingerprint density at radius 1 is 1.00 bits per heavy atom. The van der Waals surface area contributed by atoms with E-state index in [9.17, 15) is 9.59 Å². The van der Waals surface area contributed by atoms with Crippen LogP contribution in [0.5, 0.6) is 0 Å². The van der Waals surface area contributed by atoms with Crippen molar-refractivity contribution < 1.29 is 19.1 Å². The molecular formula is C19H28O4. The molecule has 0 aromatic rings. The molecule has 2 bridgehead atoms. The zero-order chi connectivity index (χ0) is 16.6. The fourth-order valence-corrected chi connectivity index (χ4v) is 5.27. The molecule has 3 aliphatic rings. The molecule has 4 unspecified atom stereocenters. The average molecular weight is 320 g/mol. The number of carbonyl (C=O) groups is 2. The Hall–Kier alpha value is -1.32. The zero-order valence-corrected chi connectivity index (χ0v) is 14.3. The van der Waals surface area contributed by atoms with Gasteiger partial charge in [0.2, 0.25) is 0 Å². The predicted molar refractivity (Wildman–Crippen MR) is 86.4 cm³/mol. The van der Waals surface area contributed by atoms with Gasteiger partial charge < -0.3 is 9.47 Å². The quantitative estimate of drug-likeness (QED) is 0.556. The second-order valence-corrected chi connectivity index (χ2v) is 7.74. The summed E-state index contributed by atoms with van der Waals surface area (Å²) in [5, 5.41) is 0. The number of esters is 2. The second-order valence-electron chi connectivity index (χ2n) is 7.74. The molecule has 0 heterocycles. The second kappa shape index (κ2) is 6.66. The smallest absolute Gasteiger partial charge is 0.333 e. The van der Waals surface area contributed by atoms with Gasteiger partial charge in [-0.25, -0.2) is 4.79 Å². The fourth-order valence-electron chi connectivity index (χ4n) is 5.27. The van der Waals surface area contributed by atoms with Crippen molar-refractivity contribution in [3.05, 3.63) is 12.2 Å². The highest BCUT2D eigenvalue weighted by Crippen LogP contribution is 2.62. The van der Waals surface area contributed by atoms with E-state index in [4.69, 9.17) is 9.47 Å². The Labute approximate surface area is 138 Å². The number of hydrogen-bond donors (Lipinski definition) is 0. The van der Waals surface area contributed by atoms with Gasteiger partial charge in [-0.2, -0.15) is 0 Å². The summed E-state index contributed by atoms with van der Waals surface area (Å²) in [6.45, 7) is 8.30. The summed E-state index contributed by atoms with van der Waals surface area (Å²) in [4.78, 5) is 22.9. The van der Waals surface area contributed by atoms with Crippen molar-refractivity contribution >= 4 is 11.9 Å². The van der Waals surface area contributed by atoms with Gasteiger partial charge in [-0.1, -0.05) is 13.5 Å². The molecule has 3 aliphatic carbocycles. The van der Waals surface area contributed by atoms with Crippen LogP contribution in [0.3, 0.4) is 0 Å². The first-order chi connectivity index (χ1) is 11.0. The highest BCUT2D eigenvalue weighted by molar-refractivity contribution is 5.86. The van der Waals surface area contributed by atoms with Crippen molar-refractivity contribution in [3.8, 4) is 0 Å². The molecule has 4 nitrogen and oxygen atoms in total. The van der Waals surface area contributed by atoms with Crippen molar-refractivity contribution in [1.82, 2.24) is 0 Å². The number of hydrogen-bond acceptors (Lipinski definition) is 4. The van der Waals surface area contributed by atoms with Gasteiger partial charge in [-0.05, 0) is 68.1 Å². The molecular weight excluding hydrogens is 292 g/mol. The summed E-state index contributed by atoms with van der Waals surface area (Å²) in [6, 6.07) is 0. The summed E-state index contributed by atoms with van der Waals surface area (Å²) < 4.78 is 10.7. The summed E-state index contributed by atoms with van der Waals surface area (Å²) >= 11 is 0. The minimum atomic E-state index is -0.264. The maximum atomic E-state index is 11.6. The van der Waals surface area contributed by atoms with E-state index in [1.807, 2.05) is 6.92 Å². The molecule has 3 saturated carbocycles. The van der Waals surface area contributed by atoms with E-state index in [-0.39, 0.29) is 11.9 Å². The van der Waals surface area contributed by atoms with E-state index < -0.39 is 0 Å². The van der Waals surface area contributed by atoms with E-state index in [0.29, 0.717) is 43.0 Å². The molecule has 23 heavy (non-hydrogen) atoms. The first-order valence-electron chi connectivity index (χ1n) is 8.97. The van der Waals surface area contributed by atoms with Crippen LogP contribution in [0.25, 0.3) is 0 Å². The van der Waals surface area contributed by atoms with E-state index in [1.54, 1.807) is 6.92 Å². The fraction of sp³-hybridized carbons (Fsp3) is 0.789. The molecule has 3 rings (SSSR count). The Kier molecular flexibility index (Phi) is 4.79. The number of ether oxygens (including phenoxy) is 2. The summed E-state index contributed by atoms with van der Waals surface area (Å²) in [5.74, 6) is 3.71. The van der Waals surface area contributed by atoms with Crippen LogP contribution in [-0.4, -0.2) is 25.2 Å². The topological polar surface area (TPSA) is 52.6 Å². The monoisotopic (exact) mass is 320 g/mol. The van der Waals surface area contributed by atoms with Crippen LogP contribution in [0.2, 0.25) is 0 Å². The van der Waals surface area contributed by atoms with Crippen molar-refractivity contribution in [3.63, 3.8) is 0 Å². The third-order valence-corrected chi connectivity index (χ3v) is 6.25. The van der Waals surface area contributed by atoms with Gasteiger partial charge in [0.1, 0.15) is 0 Å². The van der Waals surface area contributed by atoms with Crippen LogP contribution in [0, 0.1) is 35.5 Å². The van der Waals surface area contributed by atoms with Crippen LogP contribution < -0.4 is 0 Å². The first kappa shape index (κ1) is 16.5. The zero-order valence-electron chi connectivity index (χ0n) is 14.3. The number of carbonyl (C=O) groups excluding carboxylic acids is 2. The Morgan fingerprint density at radius 2 is 1.74 bits per heavy atom. The minimum absolute atomic E-state index is 0.0883. The molecule has 128 valence electrons. The summed E-state index contributed by atoms with van der Waals surface area (Å²) in [5.41, 5.74) is 0.477. The van der Waals surface area contributed by atoms with E-state index in [2.05, 4.69) is 6.58 Å². The number of fused-ring (bicyclic) bond motifs is 5. The third-order valence-electron chi connectivity index (χ3n) is 6.25. The van der Waals surface area contributed by atoms with Gasteiger partial charge in [-0.3, -0.25) is 4.79 Å². The first-order valence-corrected chi connectivity index (χ1v) is 8.97. The van der Waals surface area contributed by atoms with Crippen LogP contribution in [0.1, 0.15) is 46.0 Å². The standard InChI is InChI=1S/C19H28O4/c1-4-18(20)22-9-12-5-15-13-7-14(10-23-19(21)11(2)3)16(8-13)17(15)6-12/h12-17H,2,4-10H2,1,3H3/t12?,13?,14?,15-,16?,17-/m0/s1. The molecule has 0 aromatic carbocycles. The lowest BCUT2D eigenvalue weighted by Crippen LogP contribution is -2.28. The Morgan fingerprint density at radius 3 is 2.43 bits per heavy atom. The van der Waals surface area contributed by atoms with Gasteiger partial charge >= 0.3 is 11.9 Å². The molecule has 0 aliphatic heterocycles. The van der Waals surface area contributed by atoms with Crippen molar-refractivity contribution in [2.45, 2.75) is 46.0 Å². The van der Waals surface area contributed by atoms with Crippen LogP contribution in [0.15, 0.2) is 12.2 Å². The van der Waals surface area contributed by atoms with Crippen molar-refractivity contribution in [2.24, 2.45) is 35.5 Å². The maximum Gasteiger partial charge on any atom is 0.333 e. The Bertz CT molecular complexity index is 498. The summed E-state index contributed by atoms with van der Waals surface area (Å²) in [6.07, 6.45) is 5.33. The molecule has 0 amide bonds. The molecule has 4 heteroatoms. The van der Waals surface area contributed by atoms with Gasteiger partial charge in [-0.15, -0.1) is 0 Å². The Balaban J connectivity index is 1.50. The van der Waals surface area contributed by atoms with Crippen molar-refractivity contribution in [2.75, 3.05) is 13.2 Å². The van der Waals surface area contributed by atoms with Gasteiger partial charge in [0, 0.05) is 12.0 Å². The normalized spacial score (nSPS) is 37.5. The highest BCUT2D eigenvalue weighted by Gasteiger charge is 2.56. The van der Waals surface area contributed by atoms with Crippen LogP contribution >= 0.6 is 0 Å². The lowest BCUT2D eigenvalue weighted by molar-refractivity contribution is -0.144. The molecule has 0 N–H and O–H groups in total. The molecule has 0 radical (unpaired) electrons. The molecule has 6 atom stereocenters. The largest absolute Gasteiger partial charge is 0.465 e. The van der Waals surface area contributed by atoms with E-state index >= 15 is 0 Å². The van der Waals surface area contributed by atoms with E-state index in [1.165, 1.54) is 25.7 Å². The van der Waals surface area contributed by atoms with E-state index in [0.717, 1.165) is 17.8 Å². The average Bonchev–Trinajstić information content (AvgIpc) is 3.20.